The van der Waals surface area contributed by atoms with Gasteiger partial charge in [0.1, 0.15) is 0 Å². The molecule has 1 fully saturated rings. The van der Waals surface area contributed by atoms with Gasteiger partial charge in [0.15, 0.2) is 6.61 Å². The number of hydrogen-bond acceptors (Lipinski definition) is 5. The lowest BCUT2D eigenvalue weighted by Gasteiger charge is -2.31. The minimum Gasteiger partial charge on any atom is -0.468 e. The molecule has 0 spiro atoms. The van der Waals surface area contributed by atoms with Crippen molar-refractivity contribution < 1.29 is 17.9 Å². The Balaban J connectivity index is 1.82. The van der Waals surface area contributed by atoms with Gasteiger partial charge in [-0.05, 0) is 5.56 Å². The van der Waals surface area contributed by atoms with E-state index in [1.165, 1.54) is 6.07 Å². The maximum Gasteiger partial charge on any atom is 0.422 e. The largest absolute Gasteiger partial charge is 0.468 e. The third kappa shape index (κ3) is 5.18. The molecule has 1 aromatic heterocycles. The van der Waals surface area contributed by atoms with Gasteiger partial charge < -0.3 is 4.74 Å². The summed E-state index contributed by atoms with van der Waals surface area (Å²) < 4.78 is 42.5. The Hall–Kier alpha value is -0.990. The lowest BCUT2D eigenvalue weighted by Crippen LogP contribution is -2.41. The first-order valence-electron chi connectivity index (χ1n) is 6.23. The summed E-state index contributed by atoms with van der Waals surface area (Å²) in [6.45, 7) is 3.02. The Kier molecular flexibility index (Phi) is 5.11. The number of pyridine rings is 1. The summed E-state index contributed by atoms with van der Waals surface area (Å²) in [7, 11) is 0. The molecule has 20 heavy (non-hydrogen) atoms. The van der Waals surface area contributed by atoms with Crippen molar-refractivity contribution in [3.63, 3.8) is 0 Å². The average molecular weight is 307 g/mol. The van der Waals surface area contributed by atoms with Crippen LogP contribution in [0.2, 0.25) is 0 Å². The number of piperazine rings is 1. The van der Waals surface area contributed by atoms with Crippen molar-refractivity contribution in [1.82, 2.24) is 14.2 Å². The predicted octanol–water partition coefficient (Wildman–Crippen LogP) is 1.99. The molecule has 1 aliphatic rings. The third-order valence-electron chi connectivity index (χ3n) is 2.94. The second-order valence-electron chi connectivity index (χ2n) is 4.64. The molecule has 0 N–H and O–H groups in total. The van der Waals surface area contributed by atoms with E-state index in [-0.39, 0.29) is 5.88 Å². The van der Waals surface area contributed by atoms with Crippen LogP contribution in [0.4, 0.5) is 13.2 Å². The molecule has 2 rings (SSSR count). The summed E-state index contributed by atoms with van der Waals surface area (Å²) in [4.78, 5) is 6.14. The van der Waals surface area contributed by atoms with Crippen molar-refractivity contribution in [1.29, 1.82) is 0 Å². The second kappa shape index (κ2) is 6.64. The van der Waals surface area contributed by atoms with Crippen LogP contribution in [0.15, 0.2) is 18.3 Å². The number of ether oxygens (including phenoxy) is 1. The number of thiol groups is 1. The molecule has 0 unspecified atom stereocenters. The Morgan fingerprint density at radius 2 is 1.90 bits per heavy atom. The summed E-state index contributed by atoms with van der Waals surface area (Å²) >= 11 is 4.27. The van der Waals surface area contributed by atoms with Gasteiger partial charge in [-0.1, -0.05) is 18.9 Å². The van der Waals surface area contributed by atoms with Crippen molar-refractivity contribution in [2.75, 3.05) is 32.8 Å². The Bertz CT molecular complexity index is 419. The normalized spacial score (nSPS) is 18.2. The van der Waals surface area contributed by atoms with Crippen molar-refractivity contribution in [2.24, 2.45) is 0 Å². The minimum absolute atomic E-state index is 0.00810. The summed E-state index contributed by atoms with van der Waals surface area (Å²) in [6, 6.07) is 3.21. The second-order valence-corrected chi connectivity index (χ2v) is 5.20. The quantitative estimate of drug-likeness (QED) is 0.861. The highest BCUT2D eigenvalue weighted by molar-refractivity contribution is 7.77. The monoisotopic (exact) mass is 307 g/mol. The molecule has 0 amide bonds. The van der Waals surface area contributed by atoms with Crippen molar-refractivity contribution in [3.8, 4) is 5.88 Å². The maximum absolute atomic E-state index is 12.0. The molecule has 4 nitrogen and oxygen atoms in total. The number of aromatic nitrogens is 1. The van der Waals surface area contributed by atoms with E-state index in [4.69, 9.17) is 0 Å². The van der Waals surface area contributed by atoms with Crippen LogP contribution in [-0.2, 0) is 6.54 Å². The fourth-order valence-electron chi connectivity index (χ4n) is 1.90. The Morgan fingerprint density at radius 3 is 2.45 bits per heavy atom. The van der Waals surface area contributed by atoms with Gasteiger partial charge in [-0.2, -0.15) is 13.2 Å². The van der Waals surface area contributed by atoms with Gasteiger partial charge in [0, 0.05) is 45.0 Å². The lowest BCUT2D eigenvalue weighted by atomic mass is 10.2. The highest BCUT2D eigenvalue weighted by atomic mass is 32.1. The zero-order chi connectivity index (χ0) is 14.6. The van der Waals surface area contributed by atoms with E-state index in [1.807, 2.05) is 4.31 Å². The molecule has 0 aromatic carbocycles. The maximum atomic E-state index is 12.0. The van der Waals surface area contributed by atoms with Crippen molar-refractivity contribution in [2.45, 2.75) is 12.7 Å². The highest BCUT2D eigenvalue weighted by Crippen LogP contribution is 2.17. The fraction of sp³-hybridized carbons (Fsp3) is 0.583. The number of hydrogen-bond donors (Lipinski definition) is 1. The molecule has 8 heteroatoms. The van der Waals surface area contributed by atoms with Gasteiger partial charge in [0.2, 0.25) is 5.88 Å². The average Bonchev–Trinajstić information content (AvgIpc) is 2.40. The van der Waals surface area contributed by atoms with Crippen LogP contribution in [0, 0.1) is 0 Å². The molecule has 0 atom stereocenters. The van der Waals surface area contributed by atoms with Crippen LogP contribution >= 0.6 is 12.8 Å². The number of alkyl halides is 3. The van der Waals surface area contributed by atoms with Crippen LogP contribution in [0.1, 0.15) is 5.56 Å². The van der Waals surface area contributed by atoms with E-state index >= 15 is 0 Å². The molecule has 112 valence electrons. The number of nitrogens with zero attached hydrogens (tertiary/aromatic N) is 3. The smallest absolute Gasteiger partial charge is 0.422 e. The van der Waals surface area contributed by atoms with E-state index in [0.717, 1.165) is 38.3 Å². The Morgan fingerprint density at radius 1 is 1.20 bits per heavy atom. The summed E-state index contributed by atoms with van der Waals surface area (Å²) in [5, 5.41) is 0. The summed E-state index contributed by atoms with van der Waals surface area (Å²) in [5.41, 5.74) is 0.956. The van der Waals surface area contributed by atoms with Crippen molar-refractivity contribution >= 4 is 12.8 Å². The van der Waals surface area contributed by atoms with Gasteiger partial charge in [-0.25, -0.2) is 4.98 Å². The molecule has 0 aliphatic carbocycles. The first kappa shape index (κ1) is 15.4. The van der Waals surface area contributed by atoms with Crippen LogP contribution in [-0.4, -0.2) is 53.2 Å². The van der Waals surface area contributed by atoms with E-state index in [2.05, 4.69) is 27.4 Å². The molecule has 0 bridgehead atoms. The standard InChI is InChI=1S/C12H16F3N3OS/c13-12(14,15)9-19-11-2-1-10(7-16-11)8-17-3-5-18(20)6-4-17/h1-2,7,20H,3-6,8-9H2. The van der Waals surface area contributed by atoms with E-state index in [9.17, 15) is 13.2 Å². The fourth-order valence-corrected chi connectivity index (χ4v) is 2.08. The summed E-state index contributed by atoms with van der Waals surface area (Å²) in [5.74, 6) is -0.00810. The van der Waals surface area contributed by atoms with Crippen LogP contribution in [0.25, 0.3) is 0 Å². The molecule has 1 saturated heterocycles. The third-order valence-corrected chi connectivity index (χ3v) is 3.34. The van der Waals surface area contributed by atoms with Crippen LogP contribution in [0.3, 0.4) is 0 Å². The minimum atomic E-state index is -4.34. The topological polar surface area (TPSA) is 28.6 Å². The Labute approximate surface area is 121 Å². The predicted molar refractivity (Wildman–Crippen MR) is 71.6 cm³/mol. The molecule has 1 aromatic rings. The van der Waals surface area contributed by atoms with Crippen molar-refractivity contribution in [3.05, 3.63) is 23.9 Å². The molecular formula is C12H16F3N3OS. The molecule has 2 heterocycles. The molecule has 0 radical (unpaired) electrons. The first-order chi connectivity index (χ1) is 9.42. The summed E-state index contributed by atoms with van der Waals surface area (Å²) in [6.07, 6.45) is -2.79. The van der Waals surface area contributed by atoms with Gasteiger partial charge in [-0.15, -0.1) is 0 Å². The number of rotatable bonds is 4. The number of halogens is 3. The SMILES string of the molecule is FC(F)(F)COc1ccc(CN2CCN(S)CC2)cn1. The van der Waals surface area contributed by atoms with E-state index in [1.54, 1.807) is 12.3 Å². The van der Waals surface area contributed by atoms with Gasteiger partial charge in [0.05, 0.1) is 0 Å². The van der Waals surface area contributed by atoms with Gasteiger partial charge in [0.25, 0.3) is 0 Å². The first-order valence-corrected chi connectivity index (χ1v) is 6.63. The molecule has 1 aliphatic heterocycles. The zero-order valence-electron chi connectivity index (χ0n) is 10.8. The molecule has 0 saturated carbocycles. The highest BCUT2D eigenvalue weighted by Gasteiger charge is 2.28. The van der Waals surface area contributed by atoms with Crippen LogP contribution in [0.5, 0.6) is 5.88 Å². The molecular weight excluding hydrogens is 291 g/mol. The van der Waals surface area contributed by atoms with Gasteiger partial charge >= 0.3 is 6.18 Å². The lowest BCUT2D eigenvalue weighted by molar-refractivity contribution is -0.154. The van der Waals surface area contributed by atoms with E-state index < -0.39 is 12.8 Å². The van der Waals surface area contributed by atoms with Gasteiger partial charge in [-0.3, -0.25) is 9.21 Å². The van der Waals surface area contributed by atoms with E-state index in [0.29, 0.717) is 0 Å². The van der Waals surface area contributed by atoms with Crippen LogP contribution < -0.4 is 4.74 Å². The zero-order valence-corrected chi connectivity index (χ0v) is 11.7.